The van der Waals surface area contributed by atoms with Crippen LogP contribution in [-0.2, 0) is 0 Å². The molecule has 0 spiro atoms. The predicted molar refractivity (Wildman–Crippen MR) is 72.1 cm³/mol. The molecule has 0 radical (unpaired) electrons. The Balaban J connectivity index is 2.07. The maximum atomic E-state index is 10.8. The summed E-state index contributed by atoms with van der Waals surface area (Å²) in [6.45, 7) is 8.93. The lowest BCUT2D eigenvalue weighted by atomic mass is 9.42. The molecule has 0 aliphatic heterocycles. The molecule has 2 nitrogen and oxygen atoms in total. The second kappa shape index (κ2) is 3.32. The summed E-state index contributed by atoms with van der Waals surface area (Å²) >= 11 is 0. The summed E-state index contributed by atoms with van der Waals surface area (Å²) in [5.74, 6) is 0.582. The lowest BCUT2D eigenvalue weighted by molar-refractivity contribution is -0.240. The Kier molecular flexibility index (Phi) is 2.39. The molecule has 3 aliphatic carbocycles. The SMILES string of the molecule is C[C@]12CCC[C@@]1(C)[C@@H]1C[C@@H](O)[C@@](C)(O)[C@@](C)(C1)C2. The Hall–Kier alpha value is -0.0800. The van der Waals surface area contributed by atoms with Crippen molar-refractivity contribution in [1.82, 2.24) is 0 Å². The van der Waals surface area contributed by atoms with Crippen molar-refractivity contribution in [3.8, 4) is 0 Å². The van der Waals surface area contributed by atoms with Gasteiger partial charge in [0.15, 0.2) is 0 Å². The standard InChI is InChI=1S/C16H28O2/c1-13-6-5-7-15(13,3)11-8-12(17)16(4,18)14(2,9-11)10-13/h11-12,17-18H,5-10H2,1-4H3/t11-,12-,13-,14+,15+,16-/m1/s1. The fraction of sp³-hybridized carbons (Fsp3) is 1.00. The molecule has 3 rings (SSSR count). The molecule has 2 N–H and O–H groups in total. The smallest absolute Gasteiger partial charge is 0.0931 e. The van der Waals surface area contributed by atoms with Crippen LogP contribution < -0.4 is 0 Å². The molecule has 3 aliphatic rings. The van der Waals surface area contributed by atoms with Gasteiger partial charge in [-0.05, 0) is 61.2 Å². The average molecular weight is 252 g/mol. The molecular weight excluding hydrogens is 224 g/mol. The van der Waals surface area contributed by atoms with Crippen LogP contribution in [0.5, 0.6) is 0 Å². The summed E-state index contributed by atoms with van der Waals surface area (Å²) < 4.78 is 0. The van der Waals surface area contributed by atoms with Gasteiger partial charge >= 0.3 is 0 Å². The molecular formula is C16H28O2. The van der Waals surface area contributed by atoms with E-state index in [2.05, 4.69) is 20.8 Å². The third-order valence-corrected chi connectivity index (χ3v) is 7.56. The molecule has 2 bridgehead atoms. The highest BCUT2D eigenvalue weighted by Crippen LogP contribution is 2.71. The molecule has 0 unspecified atom stereocenters. The minimum atomic E-state index is -0.920. The molecule has 18 heavy (non-hydrogen) atoms. The first-order chi connectivity index (χ1) is 8.15. The molecule has 3 fully saturated rings. The van der Waals surface area contributed by atoms with E-state index in [9.17, 15) is 10.2 Å². The summed E-state index contributed by atoms with van der Waals surface area (Å²) in [6, 6.07) is 0. The summed E-state index contributed by atoms with van der Waals surface area (Å²) in [7, 11) is 0. The Morgan fingerprint density at radius 1 is 1.00 bits per heavy atom. The van der Waals surface area contributed by atoms with E-state index >= 15 is 0 Å². The first-order valence-electron chi connectivity index (χ1n) is 7.55. The zero-order chi connectivity index (χ0) is 13.4. The van der Waals surface area contributed by atoms with Gasteiger partial charge in [0, 0.05) is 0 Å². The second-order valence-electron chi connectivity index (χ2n) is 8.37. The number of aliphatic hydroxyl groups is 2. The van der Waals surface area contributed by atoms with Gasteiger partial charge < -0.3 is 10.2 Å². The lowest BCUT2D eigenvalue weighted by Gasteiger charge is -2.65. The van der Waals surface area contributed by atoms with E-state index in [-0.39, 0.29) is 5.41 Å². The van der Waals surface area contributed by atoms with Gasteiger partial charge in [-0.3, -0.25) is 0 Å². The Morgan fingerprint density at radius 2 is 1.67 bits per heavy atom. The van der Waals surface area contributed by atoms with Crippen LogP contribution in [0.4, 0.5) is 0 Å². The van der Waals surface area contributed by atoms with Gasteiger partial charge in [0.2, 0.25) is 0 Å². The van der Waals surface area contributed by atoms with Crippen molar-refractivity contribution in [2.45, 2.75) is 77.9 Å². The van der Waals surface area contributed by atoms with Crippen molar-refractivity contribution in [3.05, 3.63) is 0 Å². The van der Waals surface area contributed by atoms with Crippen molar-refractivity contribution in [1.29, 1.82) is 0 Å². The highest BCUT2D eigenvalue weighted by atomic mass is 16.3. The zero-order valence-corrected chi connectivity index (χ0v) is 12.3. The van der Waals surface area contributed by atoms with E-state index in [0.29, 0.717) is 16.7 Å². The topological polar surface area (TPSA) is 40.5 Å². The van der Waals surface area contributed by atoms with Gasteiger partial charge in [-0.25, -0.2) is 0 Å². The van der Waals surface area contributed by atoms with Crippen LogP contribution in [0.15, 0.2) is 0 Å². The van der Waals surface area contributed by atoms with E-state index in [4.69, 9.17) is 0 Å². The molecule has 104 valence electrons. The third kappa shape index (κ3) is 1.27. The molecule has 6 atom stereocenters. The highest BCUT2D eigenvalue weighted by Gasteiger charge is 2.66. The number of rotatable bonds is 0. The lowest BCUT2D eigenvalue weighted by Crippen LogP contribution is -2.65. The van der Waals surface area contributed by atoms with Crippen LogP contribution in [-0.4, -0.2) is 21.9 Å². The van der Waals surface area contributed by atoms with Gasteiger partial charge in [0.25, 0.3) is 0 Å². The van der Waals surface area contributed by atoms with Gasteiger partial charge in [-0.15, -0.1) is 0 Å². The molecule has 2 heteroatoms. The Morgan fingerprint density at radius 3 is 2.33 bits per heavy atom. The first-order valence-corrected chi connectivity index (χ1v) is 7.55. The number of hydrogen-bond donors (Lipinski definition) is 2. The maximum Gasteiger partial charge on any atom is 0.0931 e. The van der Waals surface area contributed by atoms with Gasteiger partial charge in [0.1, 0.15) is 0 Å². The number of fused-ring (bicyclic) bond motifs is 4. The van der Waals surface area contributed by atoms with E-state index in [1.54, 1.807) is 0 Å². The van der Waals surface area contributed by atoms with E-state index in [1.165, 1.54) is 19.3 Å². The largest absolute Gasteiger partial charge is 0.390 e. The van der Waals surface area contributed by atoms with Crippen LogP contribution in [0.1, 0.15) is 66.2 Å². The van der Waals surface area contributed by atoms with Crippen molar-refractivity contribution in [2.75, 3.05) is 0 Å². The molecule has 0 amide bonds. The molecule has 0 aromatic rings. The molecule has 3 saturated carbocycles. The van der Waals surface area contributed by atoms with Crippen LogP contribution in [0.3, 0.4) is 0 Å². The number of hydrogen-bond acceptors (Lipinski definition) is 2. The fourth-order valence-corrected chi connectivity index (χ4v) is 5.75. The summed E-state index contributed by atoms with van der Waals surface area (Å²) in [4.78, 5) is 0. The minimum Gasteiger partial charge on any atom is -0.390 e. The van der Waals surface area contributed by atoms with Crippen molar-refractivity contribution in [3.63, 3.8) is 0 Å². The van der Waals surface area contributed by atoms with Gasteiger partial charge in [-0.2, -0.15) is 0 Å². The van der Waals surface area contributed by atoms with Crippen LogP contribution in [0.25, 0.3) is 0 Å². The zero-order valence-electron chi connectivity index (χ0n) is 12.3. The minimum absolute atomic E-state index is 0.117. The van der Waals surface area contributed by atoms with Crippen molar-refractivity contribution >= 4 is 0 Å². The predicted octanol–water partition coefficient (Wildman–Crippen LogP) is 3.11. The molecule has 0 saturated heterocycles. The monoisotopic (exact) mass is 252 g/mol. The van der Waals surface area contributed by atoms with Crippen molar-refractivity contribution in [2.24, 2.45) is 22.2 Å². The molecule has 0 aromatic carbocycles. The first kappa shape index (κ1) is 12.9. The highest BCUT2D eigenvalue weighted by molar-refractivity contribution is 5.16. The van der Waals surface area contributed by atoms with E-state index in [1.807, 2.05) is 6.92 Å². The Labute approximate surface area is 111 Å². The third-order valence-electron chi connectivity index (χ3n) is 7.56. The quantitative estimate of drug-likeness (QED) is 0.695. The molecule has 0 aromatic heterocycles. The average Bonchev–Trinajstić information content (AvgIpc) is 2.53. The van der Waals surface area contributed by atoms with Gasteiger partial charge in [0.05, 0.1) is 11.7 Å². The molecule has 0 heterocycles. The van der Waals surface area contributed by atoms with Crippen LogP contribution in [0, 0.1) is 22.2 Å². The van der Waals surface area contributed by atoms with Crippen molar-refractivity contribution < 1.29 is 10.2 Å². The fourth-order valence-electron chi connectivity index (χ4n) is 5.75. The summed E-state index contributed by atoms with van der Waals surface area (Å²) in [5, 5.41) is 21.2. The van der Waals surface area contributed by atoms with Crippen LogP contribution >= 0.6 is 0 Å². The summed E-state index contributed by atoms with van der Waals surface area (Å²) in [5.41, 5.74) is -0.302. The Bertz CT molecular complexity index is 377. The maximum absolute atomic E-state index is 10.8. The normalized spacial score (nSPS) is 63.7. The second-order valence-corrected chi connectivity index (χ2v) is 8.37. The number of aliphatic hydroxyl groups excluding tert-OH is 1. The van der Waals surface area contributed by atoms with Crippen LogP contribution in [0.2, 0.25) is 0 Å². The van der Waals surface area contributed by atoms with E-state index < -0.39 is 11.7 Å². The summed E-state index contributed by atoms with van der Waals surface area (Å²) in [6.07, 6.45) is 6.30. The van der Waals surface area contributed by atoms with E-state index in [0.717, 1.165) is 19.3 Å². The van der Waals surface area contributed by atoms with Gasteiger partial charge in [-0.1, -0.05) is 27.2 Å².